The van der Waals surface area contributed by atoms with E-state index in [2.05, 4.69) is 44.9 Å². The van der Waals surface area contributed by atoms with Gasteiger partial charge in [-0.05, 0) is 30.7 Å². The zero-order chi connectivity index (χ0) is 25.7. The van der Waals surface area contributed by atoms with E-state index in [1.165, 1.54) is 5.69 Å². The average Bonchev–Trinajstić information content (AvgIpc) is 3.28. The molecule has 1 aliphatic heterocycles. The van der Waals surface area contributed by atoms with Crippen LogP contribution < -0.4 is 9.80 Å². The summed E-state index contributed by atoms with van der Waals surface area (Å²) in [5.74, 6) is -1.99. The van der Waals surface area contributed by atoms with E-state index >= 15 is 0 Å². The van der Waals surface area contributed by atoms with Gasteiger partial charge in [-0.2, -0.15) is 23.3 Å². The number of pyridine rings is 1. The molecule has 4 heterocycles. The van der Waals surface area contributed by atoms with Gasteiger partial charge in [0.1, 0.15) is 0 Å². The number of anilines is 2. The zero-order valence-corrected chi connectivity index (χ0v) is 19.4. The molecule has 0 radical (unpaired) electrons. The summed E-state index contributed by atoms with van der Waals surface area (Å²) >= 11 is 0. The smallest absolute Gasteiger partial charge is 0.475 e. The summed E-state index contributed by atoms with van der Waals surface area (Å²) in [6, 6.07) is 14.3. The Balaban J connectivity index is 0.000000384. The number of alkyl halides is 3. The van der Waals surface area contributed by atoms with Crippen molar-refractivity contribution >= 4 is 28.6 Å². The van der Waals surface area contributed by atoms with Crippen LogP contribution in [0.4, 0.5) is 24.8 Å². The second-order valence-electron chi connectivity index (χ2n) is 7.94. The maximum Gasteiger partial charge on any atom is 0.490 e. The number of carboxylic acids is 1. The first-order valence-electron chi connectivity index (χ1n) is 11.3. The van der Waals surface area contributed by atoms with E-state index in [-0.39, 0.29) is 0 Å². The highest BCUT2D eigenvalue weighted by Crippen LogP contribution is 2.24. The number of aliphatic carboxylic acids is 1. The minimum atomic E-state index is -5.08. The first kappa shape index (κ1) is 24.9. The number of piperazine rings is 1. The summed E-state index contributed by atoms with van der Waals surface area (Å²) in [5, 5.41) is 12.9. The predicted octanol–water partition coefficient (Wildman–Crippen LogP) is 3.73. The summed E-state index contributed by atoms with van der Waals surface area (Å²) in [6.45, 7) is 5.71. The molecule has 188 valence electrons. The number of carboxylic acid groups (broad SMARTS) is 1. The first-order valence-corrected chi connectivity index (χ1v) is 11.3. The Morgan fingerprint density at radius 3 is 2.19 bits per heavy atom. The van der Waals surface area contributed by atoms with Gasteiger partial charge in [0, 0.05) is 38.6 Å². The molecule has 0 saturated carbocycles. The Bertz CT molecular complexity index is 1310. The van der Waals surface area contributed by atoms with Gasteiger partial charge < -0.3 is 14.9 Å². The third-order valence-corrected chi connectivity index (χ3v) is 5.64. The van der Waals surface area contributed by atoms with E-state index in [1.807, 2.05) is 47.5 Å². The van der Waals surface area contributed by atoms with Crippen molar-refractivity contribution in [2.75, 3.05) is 36.0 Å². The Labute approximate surface area is 204 Å². The number of carbonyl (C=O) groups is 1. The zero-order valence-electron chi connectivity index (χ0n) is 19.4. The van der Waals surface area contributed by atoms with Crippen molar-refractivity contribution in [1.82, 2.24) is 24.7 Å². The molecular formula is C24H24F3N7O2. The monoisotopic (exact) mass is 499 g/mol. The van der Waals surface area contributed by atoms with Crippen LogP contribution in [0.3, 0.4) is 0 Å². The van der Waals surface area contributed by atoms with Crippen molar-refractivity contribution in [1.29, 1.82) is 0 Å². The summed E-state index contributed by atoms with van der Waals surface area (Å²) in [5.41, 5.74) is 4.08. The summed E-state index contributed by atoms with van der Waals surface area (Å²) in [7, 11) is 0. The van der Waals surface area contributed by atoms with Crippen LogP contribution in [0.15, 0.2) is 61.1 Å². The lowest BCUT2D eigenvalue weighted by molar-refractivity contribution is -0.192. The number of nitrogens with zero attached hydrogens (tertiary/aromatic N) is 7. The lowest BCUT2D eigenvalue weighted by atomic mass is 10.2. The highest BCUT2D eigenvalue weighted by Gasteiger charge is 2.38. The predicted molar refractivity (Wildman–Crippen MR) is 128 cm³/mol. The molecule has 1 N–H and O–H groups in total. The fraction of sp³-hybridized carbons (Fsp3) is 0.292. The number of hydrogen-bond donors (Lipinski definition) is 1. The number of fused-ring (bicyclic) bond motifs is 1. The van der Waals surface area contributed by atoms with Gasteiger partial charge in [0.2, 0.25) is 5.95 Å². The molecule has 0 atom stereocenters. The van der Waals surface area contributed by atoms with Crippen molar-refractivity contribution in [3.63, 3.8) is 0 Å². The molecule has 1 saturated heterocycles. The van der Waals surface area contributed by atoms with Crippen LogP contribution in [0.2, 0.25) is 0 Å². The maximum absolute atomic E-state index is 10.6. The second-order valence-corrected chi connectivity index (χ2v) is 7.94. The van der Waals surface area contributed by atoms with Crippen molar-refractivity contribution < 1.29 is 23.1 Å². The number of rotatable bonds is 4. The van der Waals surface area contributed by atoms with Gasteiger partial charge in [0.15, 0.2) is 5.65 Å². The number of benzene rings is 1. The van der Waals surface area contributed by atoms with Gasteiger partial charge in [-0.15, -0.1) is 0 Å². The molecule has 5 rings (SSSR count). The molecule has 1 fully saturated rings. The van der Waals surface area contributed by atoms with E-state index in [9.17, 15) is 13.2 Å². The minimum Gasteiger partial charge on any atom is -0.475 e. The molecule has 9 nitrogen and oxygen atoms in total. The van der Waals surface area contributed by atoms with Gasteiger partial charge in [-0.1, -0.05) is 25.1 Å². The van der Waals surface area contributed by atoms with Crippen LogP contribution in [-0.2, 0) is 11.2 Å². The Morgan fingerprint density at radius 1 is 0.972 bits per heavy atom. The van der Waals surface area contributed by atoms with Gasteiger partial charge in [-0.25, -0.2) is 14.5 Å². The largest absolute Gasteiger partial charge is 0.490 e. The number of halogens is 3. The van der Waals surface area contributed by atoms with Gasteiger partial charge in [-0.3, -0.25) is 4.98 Å². The van der Waals surface area contributed by atoms with Crippen molar-refractivity contribution in [3.05, 3.63) is 66.7 Å². The number of aryl methyl sites for hydroxylation is 1. The van der Waals surface area contributed by atoms with Crippen LogP contribution in [-0.4, -0.2) is 68.2 Å². The van der Waals surface area contributed by atoms with E-state index in [1.54, 1.807) is 0 Å². The summed E-state index contributed by atoms with van der Waals surface area (Å²) < 4.78 is 33.7. The molecule has 0 unspecified atom stereocenters. The van der Waals surface area contributed by atoms with Crippen LogP contribution in [0.1, 0.15) is 12.6 Å². The molecule has 0 amide bonds. The lowest BCUT2D eigenvalue weighted by Gasteiger charge is -2.35. The standard InChI is InChI=1S/C22H23N7.C2HF3O2/c1-2-20-19-16-24-22(25-21(19)29(26-20)17-7-4-3-5-8-17)28-13-11-27(12-14-28)18-9-6-10-23-15-18;3-2(4,5)1(6)7/h3-10,15-16H,2,11-14H2,1H3;(H,6,7). The van der Waals surface area contributed by atoms with Crippen LogP contribution >= 0.6 is 0 Å². The SMILES string of the molecule is CCc1nn(-c2ccccc2)c2nc(N3CCN(c4cccnc4)CC3)ncc12.O=C(O)C(F)(F)F. The Kier molecular flexibility index (Phi) is 7.32. The van der Waals surface area contributed by atoms with Crippen LogP contribution in [0.25, 0.3) is 16.7 Å². The molecule has 4 aromatic rings. The lowest BCUT2D eigenvalue weighted by Crippen LogP contribution is -2.47. The van der Waals surface area contributed by atoms with Crippen LogP contribution in [0.5, 0.6) is 0 Å². The third-order valence-electron chi connectivity index (χ3n) is 5.64. The molecule has 3 aromatic heterocycles. The summed E-state index contributed by atoms with van der Waals surface area (Å²) in [6.07, 6.45) is 1.42. The number of para-hydroxylation sites is 1. The van der Waals surface area contributed by atoms with E-state index in [4.69, 9.17) is 20.0 Å². The number of hydrogen-bond acceptors (Lipinski definition) is 7. The Hall–Kier alpha value is -4.22. The number of aromatic nitrogens is 5. The average molecular weight is 499 g/mol. The summed E-state index contributed by atoms with van der Waals surface area (Å²) in [4.78, 5) is 27.3. The molecule has 12 heteroatoms. The van der Waals surface area contributed by atoms with E-state index in [0.717, 1.165) is 61.0 Å². The van der Waals surface area contributed by atoms with E-state index in [0.29, 0.717) is 0 Å². The van der Waals surface area contributed by atoms with Gasteiger partial charge in [0.25, 0.3) is 0 Å². The Morgan fingerprint density at radius 2 is 1.61 bits per heavy atom. The minimum absolute atomic E-state index is 0.767. The van der Waals surface area contributed by atoms with Gasteiger partial charge >= 0.3 is 12.1 Å². The van der Waals surface area contributed by atoms with E-state index < -0.39 is 12.1 Å². The molecule has 36 heavy (non-hydrogen) atoms. The maximum atomic E-state index is 10.6. The van der Waals surface area contributed by atoms with Crippen molar-refractivity contribution in [2.45, 2.75) is 19.5 Å². The van der Waals surface area contributed by atoms with Crippen molar-refractivity contribution in [3.8, 4) is 5.69 Å². The normalized spacial score (nSPS) is 13.9. The molecule has 1 aliphatic rings. The topological polar surface area (TPSA) is 100 Å². The van der Waals surface area contributed by atoms with Crippen LogP contribution in [0, 0.1) is 0 Å². The quantitative estimate of drug-likeness (QED) is 0.454. The highest BCUT2D eigenvalue weighted by atomic mass is 19.4. The third kappa shape index (κ3) is 5.53. The van der Waals surface area contributed by atoms with Gasteiger partial charge in [0.05, 0.1) is 28.7 Å². The fourth-order valence-electron chi connectivity index (χ4n) is 3.82. The van der Waals surface area contributed by atoms with Crippen molar-refractivity contribution in [2.24, 2.45) is 0 Å². The second kappa shape index (κ2) is 10.6. The highest BCUT2D eigenvalue weighted by molar-refractivity contribution is 5.80. The molecule has 0 aliphatic carbocycles. The fourth-order valence-corrected chi connectivity index (χ4v) is 3.82. The first-order chi connectivity index (χ1) is 17.3. The molecule has 0 spiro atoms. The molecular weight excluding hydrogens is 475 g/mol. The molecule has 0 bridgehead atoms. The molecule has 1 aromatic carbocycles.